The Morgan fingerprint density at radius 3 is 2.67 bits per heavy atom. The molecule has 0 spiro atoms. The second kappa shape index (κ2) is 4.61. The Morgan fingerprint density at radius 1 is 1.33 bits per heavy atom. The van der Waals surface area contributed by atoms with E-state index in [0.717, 1.165) is 5.52 Å². The van der Waals surface area contributed by atoms with Gasteiger partial charge in [-0.2, -0.15) is 18.3 Å². The zero-order valence-electron chi connectivity index (χ0n) is 9.78. The number of aliphatic hydroxyl groups is 1. The summed E-state index contributed by atoms with van der Waals surface area (Å²) in [5.74, 6) is 0. The van der Waals surface area contributed by atoms with Crippen molar-refractivity contribution in [3.63, 3.8) is 0 Å². The summed E-state index contributed by atoms with van der Waals surface area (Å²) in [4.78, 5) is 0. The smallest absolute Gasteiger partial charge is 0.387 e. The highest BCUT2D eigenvalue weighted by molar-refractivity contribution is 5.82. The molecule has 1 aromatic heterocycles. The van der Waals surface area contributed by atoms with E-state index in [0.29, 0.717) is 11.1 Å². The lowest BCUT2D eigenvalue weighted by Crippen LogP contribution is -2.10. The van der Waals surface area contributed by atoms with Gasteiger partial charge in [0.25, 0.3) is 0 Å². The van der Waals surface area contributed by atoms with Crippen molar-refractivity contribution in [2.45, 2.75) is 25.1 Å². The van der Waals surface area contributed by atoms with Crippen LogP contribution in [0.2, 0.25) is 0 Å². The molecular formula is C12H13F3N2O. The Kier molecular flexibility index (Phi) is 3.30. The number of hydrogen-bond donors (Lipinski definition) is 1. The van der Waals surface area contributed by atoms with Crippen molar-refractivity contribution in [1.29, 1.82) is 0 Å². The molecule has 6 heteroatoms. The number of benzene rings is 1. The number of aromatic nitrogens is 2. The van der Waals surface area contributed by atoms with Crippen LogP contribution in [0.4, 0.5) is 13.2 Å². The van der Waals surface area contributed by atoms with E-state index in [4.69, 9.17) is 0 Å². The van der Waals surface area contributed by atoms with Gasteiger partial charge in [0.15, 0.2) is 0 Å². The van der Waals surface area contributed by atoms with Crippen molar-refractivity contribution in [2.24, 2.45) is 7.05 Å². The molecule has 0 aliphatic heterocycles. The molecule has 0 fully saturated rings. The molecule has 0 aliphatic rings. The van der Waals surface area contributed by atoms with Gasteiger partial charge in [0.05, 0.1) is 17.3 Å². The van der Waals surface area contributed by atoms with Gasteiger partial charge in [-0.3, -0.25) is 4.68 Å². The molecule has 1 atom stereocenters. The second-order valence-electron chi connectivity index (χ2n) is 4.20. The van der Waals surface area contributed by atoms with Crippen LogP contribution in [-0.4, -0.2) is 21.1 Å². The Bertz CT molecular complexity index is 548. The van der Waals surface area contributed by atoms with Gasteiger partial charge in [-0.05, 0) is 12.5 Å². The molecule has 2 aromatic rings. The van der Waals surface area contributed by atoms with Crippen molar-refractivity contribution < 1.29 is 18.3 Å². The average molecular weight is 258 g/mol. The summed E-state index contributed by atoms with van der Waals surface area (Å²) in [5, 5.41) is 14.6. The van der Waals surface area contributed by atoms with Gasteiger partial charge >= 0.3 is 6.18 Å². The van der Waals surface area contributed by atoms with Gasteiger partial charge in [0.1, 0.15) is 0 Å². The maximum absolute atomic E-state index is 12.1. The van der Waals surface area contributed by atoms with Crippen LogP contribution in [0.25, 0.3) is 10.9 Å². The molecule has 18 heavy (non-hydrogen) atoms. The SMILES string of the molecule is Cn1nc(C(O)CCC(F)(F)F)c2ccccc21. The minimum absolute atomic E-state index is 0.303. The monoisotopic (exact) mass is 258 g/mol. The molecule has 0 saturated carbocycles. The fourth-order valence-corrected chi connectivity index (χ4v) is 1.93. The largest absolute Gasteiger partial charge is 0.389 e. The third-order valence-corrected chi connectivity index (χ3v) is 2.80. The van der Waals surface area contributed by atoms with Crippen molar-refractivity contribution in [3.05, 3.63) is 30.0 Å². The molecule has 0 amide bonds. The van der Waals surface area contributed by atoms with E-state index in [2.05, 4.69) is 5.10 Å². The number of para-hydroxylation sites is 1. The lowest BCUT2D eigenvalue weighted by molar-refractivity contribution is -0.140. The van der Waals surface area contributed by atoms with Gasteiger partial charge in [0, 0.05) is 18.9 Å². The van der Waals surface area contributed by atoms with Gasteiger partial charge < -0.3 is 5.11 Å². The molecule has 3 nitrogen and oxygen atoms in total. The van der Waals surface area contributed by atoms with Gasteiger partial charge in [-0.1, -0.05) is 18.2 Å². The topological polar surface area (TPSA) is 38.0 Å². The van der Waals surface area contributed by atoms with Gasteiger partial charge in [0.2, 0.25) is 0 Å². The van der Waals surface area contributed by atoms with E-state index < -0.39 is 18.7 Å². The van der Waals surface area contributed by atoms with Crippen molar-refractivity contribution in [3.8, 4) is 0 Å². The number of aliphatic hydroxyl groups excluding tert-OH is 1. The molecule has 1 unspecified atom stereocenters. The minimum Gasteiger partial charge on any atom is -0.387 e. The highest BCUT2D eigenvalue weighted by Crippen LogP contribution is 2.30. The molecule has 1 heterocycles. The summed E-state index contributed by atoms with van der Waals surface area (Å²) in [6.07, 6.45) is -6.84. The first-order valence-electron chi connectivity index (χ1n) is 5.55. The summed E-state index contributed by atoms with van der Waals surface area (Å²) >= 11 is 0. The van der Waals surface area contributed by atoms with Gasteiger partial charge in [-0.25, -0.2) is 0 Å². The molecule has 1 N–H and O–H groups in total. The number of rotatable bonds is 3. The minimum atomic E-state index is -4.26. The van der Waals surface area contributed by atoms with Crippen LogP contribution in [0, 0.1) is 0 Å². The summed E-state index contributed by atoms with van der Waals surface area (Å²) in [5.41, 5.74) is 1.09. The van der Waals surface area contributed by atoms with Crippen molar-refractivity contribution >= 4 is 10.9 Å². The quantitative estimate of drug-likeness (QED) is 0.919. The van der Waals surface area contributed by atoms with E-state index >= 15 is 0 Å². The van der Waals surface area contributed by atoms with E-state index in [1.54, 1.807) is 23.9 Å². The average Bonchev–Trinajstić information content (AvgIpc) is 2.64. The fourth-order valence-electron chi connectivity index (χ4n) is 1.93. The molecule has 0 aliphatic carbocycles. The van der Waals surface area contributed by atoms with Crippen LogP contribution in [0.15, 0.2) is 24.3 Å². The molecule has 98 valence electrons. The zero-order chi connectivity index (χ0) is 13.3. The lowest BCUT2D eigenvalue weighted by atomic mass is 10.1. The number of aryl methyl sites for hydroxylation is 1. The van der Waals surface area contributed by atoms with E-state index in [1.807, 2.05) is 12.1 Å². The maximum atomic E-state index is 12.1. The summed E-state index contributed by atoms with van der Waals surface area (Å²) in [6, 6.07) is 7.14. The standard InChI is InChI=1S/C12H13F3N2O/c1-17-9-5-3-2-4-8(9)11(16-17)10(18)6-7-12(13,14)15/h2-5,10,18H,6-7H2,1H3. The first-order valence-corrected chi connectivity index (χ1v) is 5.55. The maximum Gasteiger partial charge on any atom is 0.389 e. The van der Waals surface area contributed by atoms with Gasteiger partial charge in [-0.15, -0.1) is 0 Å². The van der Waals surface area contributed by atoms with Crippen LogP contribution in [0.1, 0.15) is 24.6 Å². The predicted octanol–water partition coefficient (Wildman–Crippen LogP) is 2.95. The predicted molar refractivity (Wildman–Crippen MR) is 61.0 cm³/mol. The second-order valence-corrected chi connectivity index (χ2v) is 4.20. The normalized spacial score (nSPS) is 14.1. The molecule has 1 aromatic carbocycles. The molecular weight excluding hydrogens is 245 g/mol. The van der Waals surface area contributed by atoms with Crippen LogP contribution in [0.3, 0.4) is 0 Å². The molecule has 0 bridgehead atoms. The Balaban J connectivity index is 2.25. The third-order valence-electron chi connectivity index (χ3n) is 2.80. The summed E-state index contributed by atoms with van der Waals surface area (Å²) in [7, 11) is 1.70. The molecule has 0 radical (unpaired) electrons. The van der Waals surface area contributed by atoms with E-state index in [9.17, 15) is 18.3 Å². The van der Waals surface area contributed by atoms with Crippen LogP contribution >= 0.6 is 0 Å². The lowest BCUT2D eigenvalue weighted by Gasteiger charge is -2.10. The van der Waals surface area contributed by atoms with Crippen LogP contribution in [0.5, 0.6) is 0 Å². The van der Waals surface area contributed by atoms with E-state index in [1.165, 1.54) is 0 Å². The third kappa shape index (κ3) is 2.64. The Labute approximate surface area is 102 Å². The highest BCUT2D eigenvalue weighted by atomic mass is 19.4. The fraction of sp³-hybridized carbons (Fsp3) is 0.417. The highest BCUT2D eigenvalue weighted by Gasteiger charge is 2.29. The van der Waals surface area contributed by atoms with Crippen LogP contribution < -0.4 is 0 Å². The summed E-state index contributed by atoms with van der Waals surface area (Å²) in [6.45, 7) is 0. The Morgan fingerprint density at radius 2 is 2.00 bits per heavy atom. The number of hydrogen-bond acceptors (Lipinski definition) is 2. The molecule has 2 rings (SSSR count). The first-order chi connectivity index (χ1) is 8.38. The van der Waals surface area contributed by atoms with Crippen LogP contribution in [-0.2, 0) is 7.05 Å². The zero-order valence-corrected chi connectivity index (χ0v) is 9.78. The van der Waals surface area contributed by atoms with Crippen molar-refractivity contribution in [2.75, 3.05) is 0 Å². The number of halogens is 3. The first kappa shape index (κ1) is 12.9. The molecule has 0 saturated heterocycles. The number of fused-ring (bicyclic) bond motifs is 1. The Hall–Kier alpha value is -1.56. The van der Waals surface area contributed by atoms with E-state index in [-0.39, 0.29) is 6.42 Å². The number of nitrogens with zero attached hydrogens (tertiary/aromatic N) is 2. The summed E-state index contributed by atoms with van der Waals surface area (Å²) < 4.78 is 37.9. The number of alkyl halides is 3. The van der Waals surface area contributed by atoms with Crippen molar-refractivity contribution in [1.82, 2.24) is 9.78 Å².